The number of nitrogen functional groups attached to an aromatic ring is 1. The molecule has 1 aliphatic rings. The number of halogens is 1. The number of methoxy groups -OCH3 is 2. The third-order valence-electron chi connectivity index (χ3n) is 6.41. The molecule has 0 spiro atoms. The molecule has 0 aliphatic heterocycles. The largest absolute Gasteiger partial charge is 0.493 e. The van der Waals surface area contributed by atoms with E-state index < -0.39 is 29.6 Å². The van der Waals surface area contributed by atoms with Gasteiger partial charge in [-0.05, 0) is 54.2 Å². The van der Waals surface area contributed by atoms with Gasteiger partial charge in [-0.2, -0.15) is 4.37 Å². The number of rotatable bonds is 9. The van der Waals surface area contributed by atoms with Gasteiger partial charge < -0.3 is 26.3 Å². The van der Waals surface area contributed by atoms with E-state index in [0.717, 1.165) is 25.7 Å². The van der Waals surface area contributed by atoms with Crippen LogP contribution in [0.3, 0.4) is 0 Å². The van der Waals surface area contributed by atoms with Crippen LogP contribution in [0.1, 0.15) is 57.4 Å². The van der Waals surface area contributed by atoms with Gasteiger partial charge in [0.05, 0.1) is 19.9 Å². The summed E-state index contributed by atoms with van der Waals surface area (Å²) in [5.41, 5.74) is 11.7. The topological polar surface area (TPSA) is 150 Å². The minimum absolute atomic E-state index is 0.0530. The maximum absolute atomic E-state index is 14.1. The first-order valence-corrected chi connectivity index (χ1v) is 12.7. The van der Waals surface area contributed by atoms with E-state index in [2.05, 4.69) is 9.69 Å². The molecule has 1 atom stereocenters. The lowest BCUT2D eigenvalue weighted by atomic mass is 10.0. The number of benzene rings is 2. The fourth-order valence-corrected chi connectivity index (χ4v) is 5.25. The van der Waals surface area contributed by atoms with Crippen LogP contribution in [0.15, 0.2) is 42.5 Å². The van der Waals surface area contributed by atoms with E-state index in [1.165, 1.54) is 43.4 Å². The molecule has 2 aromatic carbocycles. The van der Waals surface area contributed by atoms with Crippen LogP contribution in [-0.2, 0) is 4.79 Å². The van der Waals surface area contributed by atoms with Gasteiger partial charge in [0.15, 0.2) is 17.2 Å². The van der Waals surface area contributed by atoms with Crippen LogP contribution < -0.4 is 31.2 Å². The number of carbonyl (C=O) groups is 3. The van der Waals surface area contributed by atoms with Crippen molar-refractivity contribution in [2.24, 2.45) is 5.73 Å². The van der Waals surface area contributed by atoms with Crippen molar-refractivity contribution in [3.05, 3.63) is 64.4 Å². The van der Waals surface area contributed by atoms with Gasteiger partial charge in [-0.3, -0.25) is 19.3 Å². The zero-order chi connectivity index (χ0) is 27.4. The molecule has 1 aromatic heterocycles. The average Bonchev–Trinajstić information content (AvgIpc) is 3.56. The second-order valence-electron chi connectivity index (χ2n) is 8.80. The molecule has 1 heterocycles. The predicted molar refractivity (Wildman–Crippen MR) is 141 cm³/mol. The third kappa shape index (κ3) is 5.40. The second kappa shape index (κ2) is 11.5. The smallest absolute Gasteiger partial charge is 0.273 e. The van der Waals surface area contributed by atoms with Gasteiger partial charge in [0.2, 0.25) is 5.91 Å². The molecule has 4 rings (SSSR count). The van der Waals surface area contributed by atoms with Gasteiger partial charge in [0.1, 0.15) is 16.7 Å². The highest BCUT2D eigenvalue weighted by Gasteiger charge is 2.37. The monoisotopic (exact) mass is 541 g/mol. The lowest BCUT2D eigenvalue weighted by Crippen LogP contribution is -2.46. The number of aromatic nitrogens is 1. The number of nitrogens with one attached hydrogen (secondary N) is 1. The Kier molecular flexibility index (Phi) is 8.10. The summed E-state index contributed by atoms with van der Waals surface area (Å²) in [6.07, 6.45) is 3.60. The number of nitrogens with two attached hydrogens (primary N) is 2. The quantitative estimate of drug-likeness (QED) is 0.376. The number of carbonyl (C=O) groups excluding carboxylic acids is 3. The van der Waals surface area contributed by atoms with Crippen LogP contribution in [0.25, 0.3) is 0 Å². The summed E-state index contributed by atoms with van der Waals surface area (Å²) >= 11 is 0.698. The zero-order valence-electron chi connectivity index (χ0n) is 20.9. The first-order chi connectivity index (χ1) is 18.2. The van der Waals surface area contributed by atoms with Crippen molar-refractivity contribution in [2.45, 2.75) is 37.8 Å². The molecule has 12 heteroatoms. The van der Waals surface area contributed by atoms with E-state index >= 15 is 0 Å². The first-order valence-electron chi connectivity index (χ1n) is 11.9. The summed E-state index contributed by atoms with van der Waals surface area (Å²) in [5, 5.41) is 3.04. The maximum Gasteiger partial charge on any atom is 0.273 e. The summed E-state index contributed by atoms with van der Waals surface area (Å²) in [6, 6.07) is 8.77. The Morgan fingerprint density at radius 2 is 1.74 bits per heavy atom. The molecule has 200 valence electrons. The number of amides is 3. The predicted octanol–water partition coefficient (Wildman–Crippen LogP) is 3.43. The Hall–Kier alpha value is -4.19. The van der Waals surface area contributed by atoms with Gasteiger partial charge in [-0.25, -0.2) is 4.39 Å². The molecule has 1 aliphatic carbocycles. The van der Waals surface area contributed by atoms with Crippen LogP contribution in [0.2, 0.25) is 0 Å². The molecular formula is C26H28FN5O5S. The molecule has 10 nitrogen and oxygen atoms in total. The first kappa shape index (κ1) is 26.9. The Labute approximate surface area is 222 Å². The van der Waals surface area contributed by atoms with Gasteiger partial charge in [0, 0.05) is 17.8 Å². The molecule has 0 radical (unpaired) electrons. The summed E-state index contributed by atoms with van der Waals surface area (Å²) in [4.78, 5) is 40.9. The highest BCUT2D eigenvalue weighted by atomic mass is 32.1. The summed E-state index contributed by atoms with van der Waals surface area (Å²) < 4.78 is 28.6. The van der Waals surface area contributed by atoms with E-state index in [-0.39, 0.29) is 28.0 Å². The van der Waals surface area contributed by atoms with E-state index in [9.17, 15) is 18.8 Å². The van der Waals surface area contributed by atoms with E-state index in [1.54, 1.807) is 18.2 Å². The van der Waals surface area contributed by atoms with Crippen LogP contribution in [0.4, 0.5) is 15.8 Å². The number of ether oxygens (including phenoxy) is 2. The summed E-state index contributed by atoms with van der Waals surface area (Å²) in [6.45, 7) is 0. The lowest BCUT2D eigenvalue weighted by Gasteiger charge is -2.32. The van der Waals surface area contributed by atoms with Gasteiger partial charge in [-0.15, -0.1) is 0 Å². The number of nitrogens with zero attached hydrogens (tertiary/aromatic N) is 2. The maximum atomic E-state index is 14.1. The van der Waals surface area contributed by atoms with Crippen LogP contribution in [-0.4, -0.2) is 42.4 Å². The van der Waals surface area contributed by atoms with E-state index in [1.807, 2.05) is 0 Å². The fourth-order valence-electron chi connectivity index (χ4n) is 4.51. The van der Waals surface area contributed by atoms with Crippen LogP contribution in [0, 0.1) is 5.82 Å². The second-order valence-corrected chi connectivity index (χ2v) is 9.57. The number of primary amides is 1. The zero-order valence-corrected chi connectivity index (χ0v) is 21.7. The number of hydrogen-bond donors (Lipinski definition) is 3. The van der Waals surface area contributed by atoms with Gasteiger partial charge in [-0.1, -0.05) is 25.0 Å². The summed E-state index contributed by atoms with van der Waals surface area (Å²) in [5.74, 6) is -1.81. The number of hydrogen-bond acceptors (Lipinski definition) is 8. The molecule has 3 aromatic rings. The van der Waals surface area contributed by atoms with E-state index in [0.29, 0.717) is 28.6 Å². The normalized spacial score (nSPS) is 14.1. The average molecular weight is 542 g/mol. The molecule has 0 bridgehead atoms. The van der Waals surface area contributed by atoms with Crippen molar-refractivity contribution in [1.29, 1.82) is 0 Å². The Morgan fingerprint density at radius 3 is 2.32 bits per heavy atom. The molecule has 5 N–H and O–H groups in total. The van der Waals surface area contributed by atoms with Gasteiger partial charge >= 0.3 is 0 Å². The molecule has 0 saturated heterocycles. The molecular weight excluding hydrogens is 513 g/mol. The fraction of sp³-hybridized carbons (Fsp3) is 0.308. The molecule has 38 heavy (non-hydrogen) atoms. The lowest BCUT2D eigenvalue weighted by molar-refractivity contribution is -0.123. The molecule has 1 unspecified atom stereocenters. The van der Waals surface area contributed by atoms with Gasteiger partial charge in [0.25, 0.3) is 11.8 Å². The Morgan fingerprint density at radius 1 is 1.08 bits per heavy atom. The Bertz CT molecular complexity index is 1340. The van der Waals surface area contributed by atoms with Crippen molar-refractivity contribution < 1.29 is 28.2 Å². The Balaban J connectivity index is 1.89. The minimum Gasteiger partial charge on any atom is -0.493 e. The van der Waals surface area contributed by atoms with E-state index in [4.69, 9.17) is 20.9 Å². The molecule has 3 amide bonds. The highest BCUT2D eigenvalue weighted by molar-refractivity contribution is 7.09. The number of anilines is 2. The van der Waals surface area contributed by atoms with Crippen molar-refractivity contribution in [3.8, 4) is 11.5 Å². The van der Waals surface area contributed by atoms with Crippen molar-refractivity contribution in [3.63, 3.8) is 0 Å². The molecule has 1 saturated carbocycles. The highest BCUT2D eigenvalue weighted by Crippen LogP contribution is 2.38. The van der Waals surface area contributed by atoms with Crippen molar-refractivity contribution in [1.82, 2.24) is 9.69 Å². The van der Waals surface area contributed by atoms with Crippen LogP contribution in [0.5, 0.6) is 11.5 Å². The summed E-state index contributed by atoms with van der Waals surface area (Å²) in [7, 11) is 2.92. The van der Waals surface area contributed by atoms with Crippen LogP contribution >= 0.6 is 11.5 Å². The SMILES string of the molecule is COc1ccc(N(C(=O)c2snc(C(N)=O)c2N)C(C(=O)NC2CCCC2)c2ccc(F)cc2)cc1OC. The van der Waals surface area contributed by atoms with Crippen molar-refractivity contribution >= 4 is 40.6 Å². The standard InChI is InChI=1S/C26H28FN5O5S/c1-36-18-12-11-17(13-19(18)37-2)32(26(35)23-20(28)21(24(29)33)31-38-23)22(14-7-9-15(27)10-8-14)25(34)30-16-5-3-4-6-16/h7-13,16,22H,3-6,28H2,1-2H3,(H2,29,33)(H,30,34). The minimum atomic E-state index is -1.22. The molecule has 1 fully saturated rings. The van der Waals surface area contributed by atoms with Crippen molar-refractivity contribution in [2.75, 3.05) is 24.9 Å². The third-order valence-corrected chi connectivity index (χ3v) is 7.26.